The molecule has 0 spiro atoms. The maximum Gasteiger partial charge on any atom is 0.335 e. The van der Waals surface area contributed by atoms with E-state index in [-0.39, 0.29) is 11.6 Å². The normalized spacial score (nSPS) is 24.0. The van der Waals surface area contributed by atoms with Crippen molar-refractivity contribution < 1.29 is 14.7 Å². The minimum absolute atomic E-state index is 0.138. The maximum atomic E-state index is 11.7. The van der Waals surface area contributed by atoms with E-state index in [2.05, 4.69) is 10.6 Å². The first-order valence-corrected chi connectivity index (χ1v) is 7.00. The van der Waals surface area contributed by atoms with Gasteiger partial charge in [0.15, 0.2) is 0 Å². The molecule has 0 aromatic heterocycles. The fourth-order valence-electron chi connectivity index (χ4n) is 2.59. The summed E-state index contributed by atoms with van der Waals surface area (Å²) in [5.74, 6) is 0.613. The number of hydrogen-bond donors (Lipinski definition) is 3. The minimum Gasteiger partial charge on any atom is -0.478 e. The zero-order valence-electron chi connectivity index (χ0n) is 11.1. The highest BCUT2D eigenvalue weighted by molar-refractivity contribution is 5.87. The lowest BCUT2D eigenvalue weighted by Crippen LogP contribution is -2.37. The first-order chi connectivity index (χ1) is 9.63. The number of aromatic carboxylic acids is 1. The van der Waals surface area contributed by atoms with Crippen molar-refractivity contribution in [1.29, 1.82) is 0 Å². The third-order valence-electron chi connectivity index (χ3n) is 4.04. The molecule has 0 aliphatic heterocycles. The van der Waals surface area contributed by atoms with Crippen molar-refractivity contribution in [3.63, 3.8) is 0 Å². The number of carboxylic acids is 1. The van der Waals surface area contributed by atoms with Gasteiger partial charge in [0, 0.05) is 12.6 Å². The monoisotopic (exact) mass is 274 g/mol. The summed E-state index contributed by atoms with van der Waals surface area (Å²) in [6.07, 6.45) is 3.76. The van der Waals surface area contributed by atoms with Crippen LogP contribution in [0.5, 0.6) is 0 Å². The Bertz CT molecular complexity index is 522. The van der Waals surface area contributed by atoms with Crippen LogP contribution in [-0.2, 0) is 6.54 Å². The number of carbonyl (C=O) groups is 2. The second kappa shape index (κ2) is 5.15. The Morgan fingerprint density at radius 3 is 2.50 bits per heavy atom. The summed E-state index contributed by atoms with van der Waals surface area (Å²) in [5, 5.41) is 14.6. The van der Waals surface area contributed by atoms with Gasteiger partial charge in [0.05, 0.1) is 5.56 Å². The van der Waals surface area contributed by atoms with Gasteiger partial charge >= 0.3 is 12.0 Å². The number of nitrogens with one attached hydrogen (secondary N) is 2. The number of rotatable bonds is 5. The molecule has 2 aliphatic carbocycles. The van der Waals surface area contributed by atoms with Gasteiger partial charge in [-0.05, 0) is 48.8 Å². The molecule has 0 saturated heterocycles. The summed E-state index contributed by atoms with van der Waals surface area (Å²) in [6, 6.07) is 6.74. The first-order valence-electron chi connectivity index (χ1n) is 7.00. The number of urea groups is 1. The largest absolute Gasteiger partial charge is 0.478 e. The lowest BCUT2D eigenvalue weighted by atomic mass is 10.1. The Morgan fingerprint density at radius 1 is 1.20 bits per heavy atom. The van der Waals surface area contributed by atoms with Gasteiger partial charge in [-0.3, -0.25) is 0 Å². The van der Waals surface area contributed by atoms with Crippen LogP contribution in [0.25, 0.3) is 0 Å². The van der Waals surface area contributed by atoms with E-state index < -0.39 is 5.97 Å². The molecule has 2 aliphatic rings. The second-order valence-corrected chi connectivity index (χ2v) is 5.67. The van der Waals surface area contributed by atoms with Crippen molar-refractivity contribution in [3.8, 4) is 0 Å². The van der Waals surface area contributed by atoms with Crippen LogP contribution in [0, 0.1) is 11.8 Å². The van der Waals surface area contributed by atoms with Gasteiger partial charge in [-0.1, -0.05) is 12.1 Å². The Morgan fingerprint density at radius 2 is 1.90 bits per heavy atom. The zero-order chi connectivity index (χ0) is 14.1. The van der Waals surface area contributed by atoms with Crippen molar-refractivity contribution in [2.45, 2.75) is 31.8 Å². The maximum absolute atomic E-state index is 11.7. The summed E-state index contributed by atoms with van der Waals surface area (Å²) in [6.45, 7) is 0.409. The van der Waals surface area contributed by atoms with E-state index in [9.17, 15) is 9.59 Å². The van der Waals surface area contributed by atoms with Gasteiger partial charge in [0.2, 0.25) is 0 Å². The lowest BCUT2D eigenvalue weighted by molar-refractivity contribution is 0.0697. The molecule has 3 N–H and O–H groups in total. The molecular formula is C15H18N2O3. The van der Waals surface area contributed by atoms with Crippen LogP contribution in [0.2, 0.25) is 0 Å². The van der Waals surface area contributed by atoms with Crippen LogP contribution < -0.4 is 10.6 Å². The molecule has 1 aromatic rings. The summed E-state index contributed by atoms with van der Waals surface area (Å²) >= 11 is 0. The van der Waals surface area contributed by atoms with E-state index >= 15 is 0 Å². The average Bonchev–Trinajstić information content (AvgIpc) is 3.30. The van der Waals surface area contributed by atoms with E-state index in [0.29, 0.717) is 18.5 Å². The van der Waals surface area contributed by atoms with E-state index in [1.807, 2.05) is 0 Å². The Balaban J connectivity index is 1.42. The number of carbonyl (C=O) groups excluding carboxylic acids is 1. The predicted molar refractivity (Wildman–Crippen MR) is 73.4 cm³/mol. The molecule has 0 bridgehead atoms. The van der Waals surface area contributed by atoms with Crippen molar-refractivity contribution >= 4 is 12.0 Å². The van der Waals surface area contributed by atoms with Gasteiger partial charge in [0.25, 0.3) is 0 Å². The van der Waals surface area contributed by atoms with Crippen molar-refractivity contribution in [2.24, 2.45) is 11.8 Å². The molecule has 0 radical (unpaired) electrons. The first kappa shape index (κ1) is 13.0. The lowest BCUT2D eigenvalue weighted by Gasteiger charge is -2.07. The number of carboxylic acid groups (broad SMARTS) is 1. The fourth-order valence-corrected chi connectivity index (χ4v) is 2.59. The van der Waals surface area contributed by atoms with Crippen molar-refractivity contribution in [1.82, 2.24) is 10.6 Å². The van der Waals surface area contributed by atoms with Gasteiger partial charge in [0.1, 0.15) is 0 Å². The van der Waals surface area contributed by atoms with Crippen molar-refractivity contribution in [3.05, 3.63) is 35.4 Å². The van der Waals surface area contributed by atoms with Crippen LogP contribution in [0.4, 0.5) is 4.79 Å². The standard InChI is InChI=1S/C15H18N2O3/c18-14(19)11-3-1-9(2-4-11)8-16-15(20)17-13-7-12(13)10-5-6-10/h1-4,10,12-13H,5-8H2,(H,18,19)(H2,16,17,20)/t12-,13+/m0/s1. The predicted octanol–water partition coefficient (Wildman–Crippen LogP) is 1.98. The topological polar surface area (TPSA) is 78.4 Å². The molecule has 2 atom stereocenters. The van der Waals surface area contributed by atoms with Crippen LogP contribution in [0.15, 0.2) is 24.3 Å². The Labute approximate surface area is 117 Å². The van der Waals surface area contributed by atoms with Crippen molar-refractivity contribution in [2.75, 3.05) is 0 Å². The molecule has 0 unspecified atom stereocenters. The van der Waals surface area contributed by atoms with Crippen LogP contribution in [0.3, 0.4) is 0 Å². The summed E-state index contributed by atoms with van der Waals surface area (Å²) < 4.78 is 0. The SMILES string of the molecule is O=C(NCc1ccc(C(=O)O)cc1)N[C@@H]1C[C@H]1C1CC1. The molecule has 5 nitrogen and oxygen atoms in total. The second-order valence-electron chi connectivity index (χ2n) is 5.67. The summed E-state index contributed by atoms with van der Waals surface area (Å²) in [4.78, 5) is 22.4. The minimum atomic E-state index is -0.942. The molecule has 1 aromatic carbocycles. The van der Waals surface area contributed by atoms with Gasteiger partial charge in [-0.15, -0.1) is 0 Å². The highest BCUT2D eigenvalue weighted by Gasteiger charge is 2.48. The van der Waals surface area contributed by atoms with E-state index in [1.54, 1.807) is 24.3 Å². The third-order valence-corrected chi connectivity index (χ3v) is 4.04. The van der Waals surface area contributed by atoms with E-state index in [0.717, 1.165) is 17.9 Å². The molecule has 106 valence electrons. The van der Waals surface area contributed by atoms with Gasteiger partial charge in [-0.25, -0.2) is 9.59 Å². The molecule has 2 fully saturated rings. The molecule has 5 heteroatoms. The zero-order valence-corrected chi connectivity index (χ0v) is 11.1. The summed E-state index contributed by atoms with van der Waals surface area (Å²) in [7, 11) is 0. The highest BCUT2D eigenvalue weighted by Crippen LogP contribution is 2.49. The molecule has 0 heterocycles. The van der Waals surface area contributed by atoms with Crippen LogP contribution in [-0.4, -0.2) is 23.1 Å². The average molecular weight is 274 g/mol. The Kier molecular flexibility index (Phi) is 3.34. The molecule has 2 saturated carbocycles. The van der Waals surface area contributed by atoms with Gasteiger partial charge < -0.3 is 15.7 Å². The third kappa shape index (κ3) is 3.10. The van der Waals surface area contributed by atoms with Crippen LogP contribution >= 0.6 is 0 Å². The molecule has 3 rings (SSSR count). The summed E-state index contributed by atoms with van der Waals surface area (Å²) in [5.41, 5.74) is 1.14. The smallest absolute Gasteiger partial charge is 0.335 e. The molecule has 2 amide bonds. The Hall–Kier alpha value is -2.04. The molecule has 20 heavy (non-hydrogen) atoms. The number of amides is 2. The quantitative estimate of drug-likeness (QED) is 0.768. The molecular weight excluding hydrogens is 256 g/mol. The number of benzene rings is 1. The van der Waals surface area contributed by atoms with Crippen LogP contribution in [0.1, 0.15) is 35.2 Å². The van der Waals surface area contributed by atoms with E-state index in [1.165, 1.54) is 12.8 Å². The fraction of sp³-hybridized carbons (Fsp3) is 0.467. The van der Waals surface area contributed by atoms with E-state index in [4.69, 9.17) is 5.11 Å². The van der Waals surface area contributed by atoms with Gasteiger partial charge in [-0.2, -0.15) is 0 Å². The highest BCUT2D eigenvalue weighted by atomic mass is 16.4. The number of hydrogen-bond acceptors (Lipinski definition) is 2.